The summed E-state index contributed by atoms with van der Waals surface area (Å²) in [7, 11) is 1.57. The Balaban J connectivity index is 2.09. The van der Waals surface area contributed by atoms with E-state index in [0.29, 0.717) is 16.9 Å². The Kier molecular flexibility index (Phi) is 2.64. The first kappa shape index (κ1) is 12.2. The van der Waals surface area contributed by atoms with Gasteiger partial charge < -0.3 is 10.5 Å². The standard InChI is InChI=1S/C14H11N3O3/c1-20-9-4-2-8(3-5-9)10-6-12-16-11(15)7-13(18)17(12)14(10)19/h2-7H,15H2,1H3. The van der Waals surface area contributed by atoms with Crippen LogP contribution < -0.4 is 16.0 Å². The van der Waals surface area contributed by atoms with Crippen molar-refractivity contribution in [2.75, 3.05) is 12.8 Å². The highest BCUT2D eigenvalue weighted by molar-refractivity contribution is 6.28. The summed E-state index contributed by atoms with van der Waals surface area (Å²) in [4.78, 5) is 28.0. The molecule has 1 aromatic heterocycles. The summed E-state index contributed by atoms with van der Waals surface area (Å²) < 4.78 is 6.08. The maximum atomic E-state index is 12.3. The number of benzene rings is 1. The lowest BCUT2D eigenvalue weighted by Crippen LogP contribution is -2.26. The third kappa shape index (κ3) is 1.78. The van der Waals surface area contributed by atoms with E-state index in [2.05, 4.69) is 4.98 Å². The molecule has 0 saturated carbocycles. The third-order valence-corrected chi connectivity index (χ3v) is 3.07. The number of ether oxygens (including phenoxy) is 1. The normalized spacial score (nSPS) is 13.1. The van der Waals surface area contributed by atoms with Gasteiger partial charge in [-0.1, -0.05) is 12.1 Å². The van der Waals surface area contributed by atoms with Gasteiger partial charge in [-0.2, -0.15) is 0 Å². The first-order valence-electron chi connectivity index (χ1n) is 5.90. The van der Waals surface area contributed by atoms with Gasteiger partial charge in [-0.15, -0.1) is 0 Å². The van der Waals surface area contributed by atoms with Crippen LogP contribution in [0.1, 0.15) is 16.2 Å². The molecule has 2 N–H and O–H groups in total. The van der Waals surface area contributed by atoms with Gasteiger partial charge in [0, 0.05) is 6.07 Å². The Hall–Kier alpha value is -2.89. The van der Waals surface area contributed by atoms with Crippen molar-refractivity contribution in [3.8, 4) is 5.75 Å². The molecule has 2 aromatic rings. The Morgan fingerprint density at radius 2 is 1.90 bits per heavy atom. The van der Waals surface area contributed by atoms with Crippen LogP contribution in [-0.4, -0.2) is 22.6 Å². The highest BCUT2D eigenvalue weighted by Gasteiger charge is 2.25. The topological polar surface area (TPSA) is 87.2 Å². The number of nitrogen functional groups attached to an aromatic ring is 1. The van der Waals surface area contributed by atoms with Crippen LogP contribution in [0.3, 0.4) is 0 Å². The van der Waals surface area contributed by atoms with E-state index in [1.54, 1.807) is 37.5 Å². The molecule has 6 heteroatoms. The van der Waals surface area contributed by atoms with Crippen molar-refractivity contribution in [3.63, 3.8) is 0 Å². The van der Waals surface area contributed by atoms with Crippen LogP contribution in [0.15, 0.2) is 35.1 Å². The van der Waals surface area contributed by atoms with Crippen molar-refractivity contribution in [3.05, 3.63) is 52.1 Å². The zero-order chi connectivity index (χ0) is 14.3. The predicted octanol–water partition coefficient (Wildman–Crippen LogP) is 1.03. The largest absolute Gasteiger partial charge is 0.497 e. The molecule has 1 aliphatic rings. The van der Waals surface area contributed by atoms with Crippen LogP contribution in [0.25, 0.3) is 11.6 Å². The predicted molar refractivity (Wildman–Crippen MR) is 74.4 cm³/mol. The van der Waals surface area contributed by atoms with Crippen LogP contribution in [0.2, 0.25) is 0 Å². The number of nitrogens with two attached hydrogens (primary N) is 1. The minimum absolute atomic E-state index is 0.0984. The lowest BCUT2D eigenvalue weighted by atomic mass is 10.1. The van der Waals surface area contributed by atoms with Gasteiger partial charge in [-0.25, -0.2) is 9.55 Å². The van der Waals surface area contributed by atoms with Gasteiger partial charge in [0.2, 0.25) is 0 Å². The number of allylic oxidation sites excluding steroid dienone is 1. The SMILES string of the molecule is COc1ccc(C2=Cc3nc(N)cc(=O)n3C2=O)cc1. The monoisotopic (exact) mass is 269 g/mol. The molecule has 1 aromatic carbocycles. The number of hydrogen-bond acceptors (Lipinski definition) is 5. The molecule has 0 aliphatic carbocycles. The van der Waals surface area contributed by atoms with E-state index in [4.69, 9.17) is 10.5 Å². The molecule has 1 aliphatic heterocycles. The number of hydrogen-bond donors (Lipinski definition) is 1. The average molecular weight is 269 g/mol. The zero-order valence-electron chi connectivity index (χ0n) is 10.7. The quantitative estimate of drug-likeness (QED) is 0.879. The number of aromatic nitrogens is 2. The summed E-state index contributed by atoms with van der Waals surface area (Å²) >= 11 is 0. The van der Waals surface area contributed by atoms with Crippen molar-refractivity contribution >= 4 is 23.4 Å². The molecule has 20 heavy (non-hydrogen) atoms. The maximum absolute atomic E-state index is 12.3. The van der Waals surface area contributed by atoms with Crippen LogP contribution in [0, 0.1) is 0 Å². The molecule has 0 amide bonds. The Morgan fingerprint density at radius 3 is 2.55 bits per heavy atom. The molecule has 100 valence electrons. The summed E-state index contributed by atoms with van der Waals surface area (Å²) in [6, 6.07) is 8.13. The highest BCUT2D eigenvalue weighted by atomic mass is 16.5. The fourth-order valence-electron chi connectivity index (χ4n) is 2.11. The number of nitrogens with zero attached hydrogens (tertiary/aromatic N) is 2. The first-order chi connectivity index (χ1) is 9.60. The molecule has 0 radical (unpaired) electrons. The number of methoxy groups -OCH3 is 1. The molecule has 3 rings (SSSR count). The molecule has 6 nitrogen and oxygen atoms in total. The van der Waals surface area contributed by atoms with Crippen molar-refractivity contribution in [1.29, 1.82) is 0 Å². The second-order valence-electron chi connectivity index (χ2n) is 4.30. The molecule has 2 heterocycles. The fraction of sp³-hybridized carbons (Fsp3) is 0.0714. The van der Waals surface area contributed by atoms with E-state index < -0.39 is 11.5 Å². The van der Waals surface area contributed by atoms with E-state index >= 15 is 0 Å². The van der Waals surface area contributed by atoms with Gasteiger partial charge in [0.1, 0.15) is 17.4 Å². The summed E-state index contributed by atoms with van der Waals surface area (Å²) in [5, 5.41) is 0. The Labute approximate surface area is 114 Å². The van der Waals surface area contributed by atoms with E-state index in [1.807, 2.05) is 0 Å². The molecular weight excluding hydrogens is 258 g/mol. The lowest BCUT2D eigenvalue weighted by molar-refractivity contribution is 0.0979. The highest BCUT2D eigenvalue weighted by Crippen LogP contribution is 2.26. The molecule has 0 saturated heterocycles. The van der Waals surface area contributed by atoms with E-state index in [-0.39, 0.29) is 11.6 Å². The summed E-state index contributed by atoms with van der Waals surface area (Å²) in [6.45, 7) is 0. The van der Waals surface area contributed by atoms with Crippen LogP contribution in [0.4, 0.5) is 5.82 Å². The molecule has 0 atom stereocenters. The van der Waals surface area contributed by atoms with E-state index in [9.17, 15) is 9.59 Å². The molecule has 0 bridgehead atoms. The Bertz CT molecular complexity index is 788. The van der Waals surface area contributed by atoms with E-state index in [0.717, 1.165) is 10.6 Å². The van der Waals surface area contributed by atoms with Gasteiger partial charge in [0.05, 0.1) is 12.7 Å². The third-order valence-electron chi connectivity index (χ3n) is 3.07. The van der Waals surface area contributed by atoms with Gasteiger partial charge in [0.15, 0.2) is 0 Å². The average Bonchev–Trinajstić information content (AvgIpc) is 2.76. The van der Waals surface area contributed by atoms with Gasteiger partial charge in [0.25, 0.3) is 11.5 Å². The minimum Gasteiger partial charge on any atom is -0.497 e. The molecule has 0 spiro atoms. The number of anilines is 1. The smallest absolute Gasteiger partial charge is 0.267 e. The number of rotatable bonds is 2. The van der Waals surface area contributed by atoms with E-state index in [1.165, 1.54) is 0 Å². The van der Waals surface area contributed by atoms with Crippen molar-refractivity contribution in [1.82, 2.24) is 9.55 Å². The van der Waals surface area contributed by atoms with Crippen LogP contribution in [-0.2, 0) is 0 Å². The molecule has 0 unspecified atom stereocenters. The molecule has 0 fully saturated rings. The maximum Gasteiger partial charge on any atom is 0.267 e. The number of carbonyl (C=O) groups is 1. The summed E-state index contributed by atoms with van der Waals surface area (Å²) in [6.07, 6.45) is 1.56. The summed E-state index contributed by atoms with van der Waals surface area (Å²) in [5.41, 5.74) is 6.14. The number of fused-ring (bicyclic) bond motifs is 1. The summed E-state index contributed by atoms with van der Waals surface area (Å²) in [5.74, 6) is 0.645. The number of carbonyl (C=O) groups excluding carboxylic acids is 1. The zero-order valence-corrected chi connectivity index (χ0v) is 10.7. The van der Waals surface area contributed by atoms with Crippen LogP contribution >= 0.6 is 0 Å². The fourth-order valence-corrected chi connectivity index (χ4v) is 2.11. The Morgan fingerprint density at radius 1 is 1.20 bits per heavy atom. The first-order valence-corrected chi connectivity index (χ1v) is 5.90. The van der Waals surface area contributed by atoms with Crippen LogP contribution in [0.5, 0.6) is 5.75 Å². The second-order valence-corrected chi connectivity index (χ2v) is 4.30. The van der Waals surface area contributed by atoms with Crippen molar-refractivity contribution in [2.24, 2.45) is 0 Å². The lowest BCUT2D eigenvalue weighted by Gasteiger charge is -2.04. The van der Waals surface area contributed by atoms with Gasteiger partial charge in [-0.3, -0.25) is 9.59 Å². The minimum atomic E-state index is -0.475. The van der Waals surface area contributed by atoms with Crippen molar-refractivity contribution in [2.45, 2.75) is 0 Å². The second kappa shape index (κ2) is 4.34. The van der Waals surface area contributed by atoms with Crippen molar-refractivity contribution < 1.29 is 9.53 Å². The van der Waals surface area contributed by atoms with Gasteiger partial charge >= 0.3 is 0 Å². The molecular formula is C14H11N3O3. The van der Waals surface area contributed by atoms with Gasteiger partial charge in [-0.05, 0) is 23.8 Å².